The zero-order chi connectivity index (χ0) is 13.5. The SMILES string of the molecule is Cc1cccc2c1CC(C)(C)N=C2Nc1nccs1. The second-order valence-corrected chi connectivity index (χ2v) is 6.41. The van der Waals surface area contributed by atoms with Crippen molar-refractivity contribution in [1.82, 2.24) is 4.98 Å². The molecular formula is C15H17N3S. The average Bonchev–Trinajstić information content (AvgIpc) is 2.82. The minimum atomic E-state index is -0.0707. The Kier molecular flexibility index (Phi) is 2.90. The Bertz CT molecular complexity index is 627. The second kappa shape index (κ2) is 4.46. The van der Waals surface area contributed by atoms with E-state index in [0.717, 1.165) is 17.4 Å². The van der Waals surface area contributed by atoms with Gasteiger partial charge in [-0.1, -0.05) is 18.2 Å². The minimum absolute atomic E-state index is 0.0707. The summed E-state index contributed by atoms with van der Waals surface area (Å²) in [5.41, 5.74) is 3.86. The number of aromatic nitrogens is 1. The minimum Gasteiger partial charge on any atom is -0.316 e. The number of nitrogens with one attached hydrogen (secondary N) is 1. The molecule has 0 saturated carbocycles. The zero-order valence-corrected chi connectivity index (χ0v) is 12.2. The first-order chi connectivity index (χ1) is 9.05. The first kappa shape index (κ1) is 12.4. The van der Waals surface area contributed by atoms with Gasteiger partial charge in [0.2, 0.25) is 0 Å². The summed E-state index contributed by atoms with van der Waals surface area (Å²) in [6.07, 6.45) is 2.79. The molecule has 0 spiro atoms. The number of benzene rings is 1. The molecule has 0 atom stereocenters. The van der Waals surface area contributed by atoms with Gasteiger partial charge >= 0.3 is 0 Å². The predicted octanol–water partition coefficient (Wildman–Crippen LogP) is 3.64. The van der Waals surface area contributed by atoms with Crippen molar-refractivity contribution >= 4 is 22.3 Å². The van der Waals surface area contributed by atoms with Crippen LogP contribution in [-0.2, 0) is 6.42 Å². The van der Waals surface area contributed by atoms with Gasteiger partial charge in [-0.3, -0.25) is 4.99 Å². The topological polar surface area (TPSA) is 37.3 Å². The third-order valence-corrected chi connectivity index (χ3v) is 4.04. The molecule has 3 nitrogen and oxygen atoms in total. The molecule has 98 valence electrons. The Morgan fingerprint density at radius 3 is 2.89 bits per heavy atom. The van der Waals surface area contributed by atoms with E-state index in [1.807, 2.05) is 5.38 Å². The number of hydrogen-bond acceptors (Lipinski definition) is 4. The molecule has 1 aromatic heterocycles. The third-order valence-electron chi connectivity index (χ3n) is 3.35. The highest BCUT2D eigenvalue weighted by atomic mass is 32.1. The number of thiazole rings is 1. The molecule has 0 fully saturated rings. The Hall–Kier alpha value is -1.68. The molecule has 1 aromatic carbocycles. The predicted molar refractivity (Wildman–Crippen MR) is 81.2 cm³/mol. The summed E-state index contributed by atoms with van der Waals surface area (Å²) in [6, 6.07) is 6.39. The number of hydrogen-bond donors (Lipinski definition) is 1. The van der Waals surface area contributed by atoms with Gasteiger partial charge in [0.15, 0.2) is 5.13 Å². The molecule has 2 aromatic rings. The van der Waals surface area contributed by atoms with E-state index in [0.29, 0.717) is 0 Å². The lowest BCUT2D eigenvalue weighted by Crippen LogP contribution is -2.32. The lowest BCUT2D eigenvalue weighted by atomic mass is 9.86. The molecule has 0 unspecified atom stereocenters. The largest absolute Gasteiger partial charge is 0.316 e. The molecule has 1 aliphatic rings. The maximum atomic E-state index is 4.84. The molecule has 1 aliphatic heterocycles. The zero-order valence-electron chi connectivity index (χ0n) is 11.4. The monoisotopic (exact) mass is 271 g/mol. The highest BCUT2D eigenvalue weighted by Crippen LogP contribution is 2.29. The lowest BCUT2D eigenvalue weighted by molar-refractivity contribution is 0.511. The maximum absolute atomic E-state index is 4.84. The van der Waals surface area contributed by atoms with E-state index in [-0.39, 0.29) is 5.54 Å². The van der Waals surface area contributed by atoms with Crippen LogP contribution in [0.2, 0.25) is 0 Å². The molecule has 0 aliphatic carbocycles. The fraction of sp³-hybridized carbons (Fsp3) is 0.333. The van der Waals surface area contributed by atoms with E-state index in [1.54, 1.807) is 17.5 Å². The summed E-state index contributed by atoms with van der Waals surface area (Å²) in [6.45, 7) is 6.51. The molecule has 0 saturated heterocycles. The molecule has 3 rings (SSSR count). The number of amidine groups is 1. The third kappa shape index (κ3) is 2.40. The number of fused-ring (bicyclic) bond motifs is 1. The highest BCUT2D eigenvalue weighted by molar-refractivity contribution is 7.13. The molecule has 19 heavy (non-hydrogen) atoms. The van der Waals surface area contributed by atoms with Crippen molar-refractivity contribution in [2.24, 2.45) is 4.99 Å². The van der Waals surface area contributed by atoms with Crippen LogP contribution in [0, 0.1) is 6.92 Å². The fourth-order valence-electron chi connectivity index (χ4n) is 2.48. The molecular weight excluding hydrogens is 254 g/mol. The van der Waals surface area contributed by atoms with Gasteiger partial charge in [0, 0.05) is 17.1 Å². The van der Waals surface area contributed by atoms with Gasteiger partial charge in [0.25, 0.3) is 0 Å². The molecule has 4 heteroatoms. The Morgan fingerprint density at radius 2 is 2.16 bits per heavy atom. The lowest BCUT2D eigenvalue weighted by Gasteiger charge is -2.30. The summed E-state index contributed by atoms with van der Waals surface area (Å²) in [5.74, 6) is 0.935. The van der Waals surface area contributed by atoms with Gasteiger partial charge in [-0.2, -0.15) is 0 Å². The smallest absolute Gasteiger partial charge is 0.188 e. The second-order valence-electron chi connectivity index (χ2n) is 5.51. The van der Waals surface area contributed by atoms with E-state index < -0.39 is 0 Å². The summed E-state index contributed by atoms with van der Waals surface area (Å²) in [5, 5.41) is 6.22. The van der Waals surface area contributed by atoms with Crippen molar-refractivity contribution in [3.8, 4) is 0 Å². The van der Waals surface area contributed by atoms with Crippen LogP contribution in [0.1, 0.15) is 30.5 Å². The van der Waals surface area contributed by atoms with Gasteiger partial charge in [0.05, 0.1) is 5.54 Å². The van der Waals surface area contributed by atoms with Crippen molar-refractivity contribution in [3.05, 3.63) is 46.5 Å². The van der Waals surface area contributed by atoms with Crippen LogP contribution in [-0.4, -0.2) is 16.4 Å². The number of rotatable bonds is 1. The van der Waals surface area contributed by atoms with Gasteiger partial charge in [-0.15, -0.1) is 11.3 Å². The van der Waals surface area contributed by atoms with Crippen molar-refractivity contribution in [1.29, 1.82) is 0 Å². The van der Waals surface area contributed by atoms with Crippen LogP contribution in [0.4, 0.5) is 5.13 Å². The Balaban J connectivity index is 2.07. The molecule has 0 radical (unpaired) electrons. The number of aryl methyl sites for hydroxylation is 1. The van der Waals surface area contributed by atoms with Crippen molar-refractivity contribution in [2.45, 2.75) is 32.7 Å². The summed E-state index contributed by atoms with van der Waals surface area (Å²) in [4.78, 5) is 9.12. The van der Waals surface area contributed by atoms with Crippen LogP contribution < -0.4 is 5.32 Å². The fourth-order valence-corrected chi connectivity index (χ4v) is 3.00. The van der Waals surface area contributed by atoms with E-state index in [2.05, 4.69) is 49.3 Å². The van der Waals surface area contributed by atoms with Crippen LogP contribution >= 0.6 is 11.3 Å². The highest BCUT2D eigenvalue weighted by Gasteiger charge is 2.27. The number of nitrogens with zero attached hydrogens (tertiary/aromatic N) is 2. The van der Waals surface area contributed by atoms with Gasteiger partial charge < -0.3 is 5.32 Å². The Labute approximate surface area is 117 Å². The van der Waals surface area contributed by atoms with Crippen LogP contribution in [0.25, 0.3) is 0 Å². The quantitative estimate of drug-likeness (QED) is 0.859. The van der Waals surface area contributed by atoms with Crippen LogP contribution in [0.5, 0.6) is 0 Å². The van der Waals surface area contributed by atoms with E-state index in [4.69, 9.17) is 4.99 Å². The molecule has 0 amide bonds. The van der Waals surface area contributed by atoms with Crippen molar-refractivity contribution in [3.63, 3.8) is 0 Å². The van der Waals surface area contributed by atoms with E-state index in [1.165, 1.54) is 16.7 Å². The van der Waals surface area contributed by atoms with Gasteiger partial charge in [-0.05, 0) is 38.3 Å². The number of aliphatic imine (C=N–C) groups is 1. The summed E-state index contributed by atoms with van der Waals surface area (Å²) < 4.78 is 0. The average molecular weight is 271 g/mol. The van der Waals surface area contributed by atoms with Crippen LogP contribution in [0.15, 0.2) is 34.8 Å². The first-order valence-electron chi connectivity index (χ1n) is 6.40. The molecule has 1 N–H and O–H groups in total. The van der Waals surface area contributed by atoms with E-state index >= 15 is 0 Å². The molecule has 0 bridgehead atoms. The van der Waals surface area contributed by atoms with Crippen LogP contribution in [0.3, 0.4) is 0 Å². The first-order valence-corrected chi connectivity index (χ1v) is 7.28. The maximum Gasteiger partial charge on any atom is 0.188 e. The van der Waals surface area contributed by atoms with Crippen molar-refractivity contribution in [2.75, 3.05) is 5.32 Å². The van der Waals surface area contributed by atoms with Crippen molar-refractivity contribution < 1.29 is 0 Å². The summed E-state index contributed by atoms with van der Waals surface area (Å²) in [7, 11) is 0. The Morgan fingerprint density at radius 1 is 1.32 bits per heavy atom. The standard InChI is InChI=1S/C15H17N3S/c1-10-5-4-6-11-12(10)9-15(2,3)18-13(11)17-14-16-7-8-19-14/h4-8H,9H2,1-3H3,(H,16,17,18). The molecule has 2 heterocycles. The van der Waals surface area contributed by atoms with Gasteiger partial charge in [0.1, 0.15) is 5.84 Å². The number of anilines is 1. The summed E-state index contributed by atoms with van der Waals surface area (Å²) >= 11 is 1.59. The van der Waals surface area contributed by atoms with Gasteiger partial charge in [-0.25, -0.2) is 4.98 Å². The normalized spacial score (nSPS) is 16.7. The van der Waals surface area contributed by atoms with E-state index in [9.17, 15) is 0 Å².